The summed E-state index contributed by atoms with van der Waals surface area (Å²) in [7, 11) is 3.10. The second kappa shape index (κ2) is 7.85. The first-order valence-corrected chi connectivity index (χ1v) is 7.93. The van der Waals surface area contributed by atoms with Crippen LogP contribution >= 0.6 is 0 Å². The normalized spacial score (nSPS) is 16.3. The molecule has 0 aliphatic carbocycles. The van der Waals surface area contributed by atoms with Crippen LogP contribution in [0.25, 0.3) is 0 Å². The summed E-state index contributed by atoms with van der Waals surface area (Å²) in [5.74, 6) is 1.36. The van der Waals surface area contributed by atoms with Crippen LogP contribution in [0.4, 0.5) is 5.69 Å². The van der Waals surface area contributed by atoms with Gasteiger partial charge in [0.05, 0.1) is 38.7 Å². The van der Waals surface area contributed by atoms with Gasteiger partial charge in [0.15, 0.2) is 0 Å². The number of nitrogens with one attached hydrogen (secondary N) is 1. The minimum absolute atomic E-state index is 0.0238. The number of carbonyl (C=O) groups excluding carboxylic acids is 1. The summed E-state index contributed by atoms with van der Waals surface area (Å²) < 4.78 is 21.4. The molecule has 132 valence electrons. The third kappa shape index (κ3) is 4.19. The van der Waals surface area contributed by atoms with Crippen LogP contribution in [0.5, 0.6) is 17.4 Å². The molecule has 7 heteroatoms. The van der Waals surface area contributed by atoms with Gasteiger partial charge in [0.1, 0.15) is 17.6 Å². The Labute approximate surface area is 145 Å². The largest absolute Gasteiger partial charge is 0.497 e. The van der Waals surface area contributed by atoms with Crippen LogP contribution in [-0.4, -0.2) is 44.4 Å². The number of rotatable bonds is 6. The topological polar surface area (TPSA) is 78.9 Å². The zero-order chi connectivity index (χ0) is 17.6. The Morgan fingerprint density at radius 3 is 2.76 bits per heavy atom. The van der Waals surface area contributed by atoms with Crippen LogP contribution in [0.1, 0.15) is 16.8 Å². The van der Waals surface area contributed by atoms with E-state index in [1.54, 1.807) is 37.4 Å². The molecule has 3 rings (SSSR count). The number of benzene rings is 1. The molecule has 2 aromatic rings. The maximum absolute atomic E-state index is 12.4. The van der Waals surface area contributed by atoms with Gasteiger partial charge in [0.2, 0.25) is 5.88 Å². The van der Waals surface area contributed by atoms with Crippen molar-refractivity contribution in [2.24, 2.45) is 0 Å². The number of hydrogen-bond acceptors (Lipinski definition) is 6. The molecule has 0 radical (unpaired) electrons. The highest BCUT2D eigenvalue weighted by molar-refractivity contribution is 6.04. The number of aromatic nitrogens is 1. The molecule has 1 aliphatic rings. The summed E-state index contributed by atoms with van der Waals surface area (Å²) in [6.45, 7) is 1.27. The van der Waals surface area contributed by atoms with Gasteiger partial charge in [-0.1, -0.05) is 0 Å². The zero-order valence-electron chi connectivity index (χ0n) is 14.2. The molecule has 0 spiro atoms. The number of carbonyl (C=O) groups is 1. The minimum Gasteiger partial charge on any atom is -0.497 e. The van der Waals surface area contributed by atoms with Gasteiger partial charge in [-0.25, -0.2) is 4.98 Å². The van der Waals surface area contributed by atoms with Crippen LogP contribution in [-0.2, 0) is 4.74 Å². The predicted molar refractivity (Wildman–Crippen MR) is 91.6 cm³/mol. The monoisotopic (exact) mass is 344 g/mol. The molecule has 0 bridgehead atoms. The number of nitrogens with zero attached hydrogens (tertiary/aromatic N) is 1. The Kier molecular flexibility index (Phi) is 5.35. The predicted octanol–water partition coefficient (Wildman–Crippen LogP) is 2.52. The molecule has 1 aromatic heterocycles. The van der Waals surface area contributed by atoms with Gasteiger partial charge in [-0.3, -0.25) is 4.79 Å². The minimum atomic E-state index is -0.285. The average Bonchev–Trinajstić information content (AvgIpc) is 3.15. The summed E-state index contributed by atoms with van der Waals surface area (Å²) in [4.78, 5) is 16.6. The summed E-state index contributed by atoms with van der Waals surface area (Å²) in [5, 5.41) is 2.80. The molecule has 1 aromatic carbocycles. The Morgan fingerprint density at radius 1 is 1.24 bits per heavy atom. The van der Waals surface area contributed by atoms with Crippen molar-refractivity contribution in [1.29, 1.82) is 0 Å². The van der Waals surface area contributed by atoms with Crippen LogP contribution < -0.4 is 19.5 Å². The van der Waals surface area contributed by atoms with Crippen LogP contribution in [0.15, 0.2) is 36.5 Å². The molecule has 1 atom stereocenters. The molecule has 0 saturated carbocycles. The van der Waals surface area contributed by atoms with Gasteiger partial charge >= 0.3 is 0 Å². The lowest BCUT2D eigenvalue weighted by Gasteiger charge is -2.12. The number of pyridine rings is 1. The van der Waals surface area contributed by atoms with E-state index < -0.39 is 0 Å². The molecular formula is C18H20N2O5. The highest BCUT2D eigenvalue weighted by Crippen LogP contribution is 2.29. The standard InChI is InChI=1S/C18H20N2O5/c1-22-13-4-5-15(16(9-13)23-2)20-18(21)12-3-6-17(19-10-12)25-14-7-8-24-11-14/h3-6,9-10,14H,7-8,11H2,1-2H3,(H,20,21)/t14-/m1/s1. The Hall–Kier alpha value is -2.80. The lowest BCUT2D eigenvalue weighted by Crippen LogP contribution is -2.17. The van der Waals surface area contributed by atoms with Crippen molar-refractivity contribution < 1.29 is 23.7 Å². The maximum Gasteiger partial charge on any atom is 0.257 e. The smallest absolute Gasteiger partial charge is 0.257 e. The zero-order valence-corrected chi connectivity index (χ0v) is 14.2. The van der Waals surface area contributed by atoms with E-state index in [2.05, 4.69) is 10.3 Å². The fourth-order valence-electron chi connectivity index (χ4n) is 2.46. The third-order valence-electron chi connectivity index (χ3n) is 3.83. The van der Waals surface area contributed by atoms with Crippen molar-refractivity contribution in [1.82, 2.24) is 4.98 Å². The molecule has 2 heterocycles. The van der Waals surface area contributed by atoms with Gasteiger partial charge in [0.25, 0.3) is 5.91 Å². The summed E-state index contributed by atoms with van der Waals surface area (Å²) >= 11 is 0. The van der Waals surface area contributed by atoms with Crippen molar-refractivity contribution in [3.63, 3.8) is 0 Å². The number of anilines is 1. The number of amides is 1. The van der Waals surface area contributed by atoms with Crippen molar-refractivity contribution in [2.75, 3.05) is 32.8 Å². The van der Waals surface area contributed by atoms with Gasteiger partial charge in [0, 0.05) is 24.8 Å². The van der Waals surface area contributed by atoms with Crippen molar-refractivity contribution >= 4 is 11.6 Å². The van der Waals surface area contributed by atoms with Crippen LogP contribution in [0.2, 0.25) is 0 Å². The molecule has 1 aliphatic heterocycles. The molecule has 0 unspecified atom stereocenters. The second-order valence-corrected chi connectivity index (χ2v) is 5.51. The van der Waals surface area contributed by atoms with Gasteiger partial charge in [-0.15, -0.1) is 0 Å². The van der Waals surface area contributed by atoms with E-state index >= 15 is 0 Å². The molecular weight excluding hydrogens is 324 g/mol. The lowest BCUT2D eigenvalue weighted by atomic mass is 10.2. The average molecular weight is 344 g/mol. The number of hydrogen-bond donors (Lipinski definition) is 1. The molecule has 1 N–H and O–H groups in total. The number of methoxy groups -OCH3 is 2. The SMILES string of the molecule is COc1ccc(NC(=O)c2ccc(O[C@@H]3CCOC3)nc2)c(OC)c1. The van der Waals surface area contributed by atoms with Crippen LogP contribution in [0.3, 0.4) is 0 Å². The molecule has 1 fully saturated rings. The summed E-state index contributed by atoms with van der Waals surface area (Å²) in [5.41, 5.74) is 0.977. The first kappa shape index (κ1) is 17.0. The summed E-state index contributed by atoms with van der Waals surface area (Å²) in [6, 6.07) is 8.52. The summed E-state index contributed by atoms with van der Waals surface area (Å²) in [6.07, 6.45) is 2.35. The van der Waals surface area contributed by atoms with E-state index in [1.807, 2.05) is 0 Å². The van der Waals surface area contributed by atoms with E-state index in [0.29, 0.717) is 41.8 Å². The highest BCUT2D eigenvalue weighted by atomic mass is 16.5. The van der Waals surface area contributed by atoms with E-state index in [-0.39, 0.29) is 12.0 Å². The fraction of sp³-hybridized carbons (Fsp3) is 0.333. The maximum atomic E-state index is 12.4. The molecule has 1 saturated heterocycles. The first-order valence-electron chi connectivity index (χ1n) is 7.93. The van der Waals surface area contributed by atoms with E-state index in [0.717, 1.165) is 6.42 Å². The fourth-order valence-corrected chi connectivity index (χ4v) is 2.46. The van der Waals surface area contributed by atoms with Crippen molar-refractivity contribution in [3.8, 4) is 17.4 Å². The van der Waals surface area contributed by atoms with Crippen molar-refractivity contribution in [2.45, 2.75) is 12.5 Å². The molecule has 1 amide bonds. The molecule has 7 nitrogen and oxygen atoms in total. The van der Waals surface area contributed by atoms with Crippen LogP contribution in [0, 0.1) is 0 Å². The highest BCUT2D eigenvalue weighted by Gasteiger charge is 2.18. The first-order chi connectivity index (χ1) is 12.2. The van der Waals surface area contributed by atoms with E-state index in [1.165, 1.54) is 13.3 Å². The van der Waals surface area contributed by atoms with Gasteiger partial charge in [-0.2, -0.15) is 0 Å². The molecule has 25 heavy (non-hydrogen) atoms. The second-order valence-electron chi connectivity index (χ2n) is 5.51. The van der Waals surface area contributed by atoms with Gasteiger partial charge in [-0.05, 0) is 18.2 Å². The Bertz CT molecular complexity index is 727. The van der Waals surface area contributed by atoms with Gasteiger partial charge < -0.3 is 24.3 Å². The number of ether oxygens (including phenoxy) is 4. The van der Waals surface area contributed by atoms with Crippen molar-refractivity contribution in [3.05, 3.63) is 42.1 Å². The third-order valence-corrected chi connectivity index (χ3v) is 3.83. The Morgan fingerprint density at radius 2 is 2.12 bits per heavy atom. The van der Waals surface area contributed by atoms with E-state index in [4.69, 9.17) is 18.9 Å². The van der Waals surface area contributed by atoms with E-state index in [9.17, 15) is 4.79 Å². The quantitative estimate of drug-likeness (QED) is 0.867. The Balaban J connectivity index is 1.66. The lowest BCUT2D eigenvalue weighted by molar-refractivity contribution is 0.102.